The van der Waals surface area contributed by atoms with Crippen molar-refractivity contribution in [3.63, 3.8) is 0 Å². The molecule has 0 heterocycles. The van der Waals surface area contributed by atoms with Gasteiger partial charge in [-0.2, -0.15) is 0 Å². The molecule has 0 aromatic heterocycles. The lowest BCUT2D eigenvalue weighted by Crippen LogP contribution is -2.41. The van der Waals surface area contributed by atoms with Gasteiger partial charge in [-0.1, -0.05) is 0 Å². The molecule has 7 heteroatoms. The number of rotatable bonds is 2. The van der Waals surface area contributed by atoms with Crippen molar-refractivity contribution in [3.8, 4) is 5.75 Å². The van der Waals surface area contributed by atoms with Gasteiger partial charge in [0.2, 0.25) is 5.91 Å². The van der Waals surface area contributed by atoms with Crippen molar-refractivity contribution < 1.29 is 27.5 Å². The van der Waals surface area contributed by atoms with E-state index < -0.39 is 18.2 Å². The Labute approximate surface area is 101 Å². The highest BCUT2D eigenvalue weighted by atomic mass is 19.4. The van der Waals surface area contributed by atoms with E-state index in [2.05, 4.69) is 4.74 Å². The number of nitrogens with zero attached hydrogens (tertiary/aromatic N) is 1. The zero-order chi connectivity index (χ0) is 13.9. The third-order valence-electron chi connectivity index (χ3n) is 1.92. The summed E-state index contributed by atoms with van der Waals surface area (Å²) in [6, 6.07) is 4.46. The highest BCUT2D eigenvalue weighted by molar-refractivity contribution is 5.92. The van der Waals surface area contributed by atoms with Crippen LogP contribution in [0.1, 0.15) is 13.8 Å². The zero-order valence-corrected chi connectivity index (χ0v) is 9.62. The Morgan fingerprint density at radius 2 is 1.61 bits per heavy atom. The smallest absolute Gasteiger partial charge is 0.427 e. The molecule has 0 aliphatic heterocycles. The highest BCUT2D eigenvalue weighted by Crippen LogP contribution is 2.29. The first kappa shape index (κ1) is 14.0. The second-order valence-corrected chi connectivity index (χ2v) is 3.41. The quantitative estimate of drug-likeness (QED) is 0.467. The van der Waals surface area contributed by atoms with Crippen LogP contribution in [0.4, 0.5) is 18.9 Å². The average Bonchev–Trinajstić information content (AvgIpc) is 2.17. The van der Waals surface area contributed by atoms with Crippen LogP contribution >= 0.6 is 0 Å². The summed E-state index contributed by atoms with van der Waals surface area (Å²) >= 11 is 0. The first-order chi connectivity index (χ1) is 8.21. The molecule has 1 rings (SSSR count). The Balaban J connectivity index is 3.02. The van der Waals surface area contributed by atoms with Crippen LogP contribution in [0.2, 0.25) is 0 Å². The van der Waals surface area contributed by atoms with E-state index in [9.17, 15) is 22.8 Å². The molecule has 18 heavy (non-hydrogen) atoms. The molecule has 1 aromatic carbocycles. The molecular weight excluding hydrogens is 251 g/mol. The maximum absolute atomic E-state index is 12.6. The van der Waals surface area contributed by atoms with Crippen LogP contribution in [0, 0.1) is 0 Å². The summed E-state index contributed by atoms with van der Waals surface area (Å²) in [6.07, 6.45) is -4.80. The number of benzene rings is 1. The predicted molar refractivity (Wildman–Crippen MR) is 57.0 cm³/mol. The molecule has 0 aliphatic rings. The van der Waals surface area contributed by atoms with E-state index >= 15 is 0 Å². The summed E-state index contributed by atoms with van der Waals surface area (Å²) in [5, 5.41) is 0. The molecule has 0 radical (unpaired) electrons. The molecule has 1 amide bonds. The molecular formula is C11H10F3NO3. The van der Waals surface area contributed by atoms with E-state index in [0.717, 1.165) is 19.1 Å². The number of alkyl halides is 3. The van der Waals surface area contributed by atoms with Crippen molar-refractivity contribution >= 4 is 17.6 Å². The summed E-state index contributed by atoms with van der Waals surface area (Å²) < 4.78 is 42.4. The Bertz CT molecular complexity index is 454. The lowest BCUT2D eigenvalue weighted by Gasteiger charge is -2.23. The van der Waals surface area contributed by atoms with Gasteiger partial charge in [0.15, 0.2) is 0 Å². The molecule has 0 unspecified atom stereocenters. The summed E-state index contributed by atoms with van der Waals surface area (Å²) in [6.45, 7) is 1.99. The van der Waals surface area contributed by atoms with Gasteiger partial charge in [0.05, 0.1) is 5.69 Å². The van der Waals surface area contributed by atoms with Gasteiger partial charge in [-0.15, -0.1) is 13.2 Å². The predicted octanol–water partition coefficient (Wildman–Crippen LogP) is 2.48. The van der Waals surface area contributed by atoms with Crippen LogP contribution in [0.5, 0.6) is 5.75 Å². The number of carbonyl (C=O) groups is 2. The number of halogens is 3. The molecule has 0 atom stereocenters. The van der Waals surface area contributed by atoms with Gasteiger partial charge in [-0.25, -0.2) is 4.90 Å². The first-order valence-corrected chi connectivity index (χ1v) is 4.88. The fraction of sp³-hybridized carbons (Fsp3) is 0.273. The van der Waals surface area contributed by atoms with E-state index in [4.69, 9.17) is 0 Å². The normalized spacial score (nSPS) is 10.9. The van der Waals surface area contributed by atoms with Crippen LogP contribution in [-0.2, 0) is 9.59 Å². The Morgan fingerprint density at radius 1 is 1.11 bits per heavy atom. The molecule has 1 aromatic rings. The first-order valence-electron chi connectivity index (χ1n) is 4.88. The molecule has 0 bridgehead atoms. The summed E-state index contributed by atoms with van der Waals surface area (Å²) in [7, 11) is 0. The standard InChI is InChI=1S/C11H10F3NO3/c1-7(16)15(11(12,13)14)9-3-5-10(6-4-9)18-8(2)17/h3-6H,1-2H3. The van der Waals surface area contributed by atoms with Gasteiger partial charge < -0.3 is 4.74 Å². The zero-order valence-electron chi connectivity index (χ0n) is 9.62. The molecule has 4 nitrogen and oxygen atoms in total. The molecule has 0 saturated heterocycles. The molecule has 0 aliphatic carbocycles. The van der Waals surface area contributed by atoms with E-state index in [1.165, 1.54) is 19.1 Å². The van der Waals surface area contributed by atoms with Crippen molar-refractivity contribution in [1.82, 2.24) is 0 Å². The van der Waals surface area contributed by atoms with Gasteiger partial charge in [0, 0.05) is 13.8 Å². The van der Waals surface area contributed by atoms with E-state index in [0.29, 0.717) is 0 Å². The highest BCUT2D eigenvalue weighted by Gasteiger charge is 2.40. The maximum atomic E-state index is 12.6. The topological polar surface area (TPSA) is 46.6 Å². The summed E-state index contributed by atoms with van der Waals surface area (Å²) in [4.78, 5) is 21.3. The SMILES string of the molecule is CC(=O)Oc1ccc(N(C(C)=O)C(F)(F)F)cc1. The molecule has 0 N–H and O–H groups in total. The number of ether oxygens (including phenoxy) is 1. The minimum Gasteiger partial charge on any atom is -0.427 e. The van der Waals surface area contributed by atoms with E-state index in [1.54, 1.807) is 0 Å². The molecule has 98 valence electrons. The van der Waals surface area contributed by atoms with Gasteiger partial charge >= 0.3 is 12.3 Å². The Kier molecular flexibility index (Phi) is 3.95. The Morgan fingerprint density at radius 3 is 1.94 bits per heavy atom. The largest absolute Gasteiger partial charge is 0.491 e. The lowest BCUT2D eigenvalue weighted by atomic mass is 10.2. The van der Waals surface area contributed by atoms with Crippen molar-refractivity contribution in [3.05, 3.63) is 24.3 Å². The van der Waals surface area contributed by atoms with Crippen LogP contribution in [-0.4, -0.2) is 18.2 Å². The molecule has 0 spiro atoms. The number of anilines is 1. The van der Waals surface area contributed by atoms with E-state index in [-0.39, 0.29) is 16.3 Å². The van der Waals surface area contributed by atoms with Crippen LogP contribution in [0.25, 0.3) is 0 Å². The molecule has 0 fully saturated rings. The van der Waals surface area contributed by atoms with Crippen LogP contribution in [0.3, 0.4) is 0 Å². The third kappa shape index (κ3) is 3.47. The van der Waals surface area contributed by atoms with Gasteiger partial charge in [-0.3, -0.25) is 9.59 Å². The van der Waals surface area contributed by atoms with Crippen molar-refractivity contribution in [2.75, 3.05) is 4.90 Å². The van der Waals surface area contributed by atoms with Crippen LogP contribution in [0.15, 0.2) is 24.3 Å². The second-order valence-electron chi connectivity index (χ2n) is 3.41. The lowest BCUT2D eigenvalue weighted by molar-refractivity contribution is -0.148. The average molecular weight is 261 g/mol. The Hall–Kier alpha value is -2.05. The summed E-state index contributed by atoms with van der Waals surface area (Å²) in [5.74, 6) is -1.62. The van der Waals surface area contributed by atoms with Gasteiger partial charge in [-0.05, 0) is 24.3 Å². The maximum Gasteiger partial charge on any atom is 0.491 e. The third-order valence-corrected chi connectivity index (χ3v) is 1.92. The number of amides is 1. The minimum absolute atomic E-state index is 0.108. The van der Waals surface area contributed by atoms with Crippen molar-refractivity contribution in [2.24, 2.45) is 0 Å². The van der Waals surface area contributed by atoms with Crippen LogP contribution < -0.4 is 9.64 Å². The number of hydrogen-bond acceptors (Lipinski definition) is 3. The second kappa shape index (κ2) is 5.07. The number of esters is 1. The fourth-order valence-electron chi connectivity index (χ4n) is 1.34. The fourth-order valence-corrected chi connectivity index (χ4v) is 1.34. The minimum atomic E-state index is -4.80. The van der Waals surface area contributed by atoms with Gasteiger partial charge in [0.25, 0.3) is 0 Å². The monoisotopic (exact) mass is 261 g/mol. The number of carbonyl (C=O) groups excluding carboxylic acids is 2. The summed E-state index contributed by atoms with van der Waals surface area (Å²) in [5.41, 5.74) is -0.342. The van der Waals surface area contributed by atoms with Crippen molar-refractivity contribution in [1.29, 1.82) is 0 Å². The van der Waals surface area contributed by atoms with E-state index in [1.807, 2.05) is 0 Å². The number of hydrogen-bond donors (Lipinski definition) is 0. The van der Waals surface area contributed by atoms with Gasteiger partial charge in [0.1, 0.15) is 5.75 Å². The van der Waals surface area contributed by atoms with Crippen molar-refractivity contribution in [2.45, 2.75) is 20.1 Å². The molecule has 0 saturated carbocycles.